The summed E-state index contributed by atoms with van der Waals surface area (Å²) in [6.07, 6.45) is 3.10. The highest BCUT2D eigenvalue weighted by Crippen LogP contribution is 2.43. The molecule has 1 amide bonds. The molecule has 0 saturated heterocycles. The third-order valence-electron chi connectivity index (χ3n) is 5.86. The van der Waals surface area contributed by atoms with Gasteiger partial charge in [-0.1, -0.05) is 41.5 Å². The Hall–Kier alpha value is -2.13. The fraction of sp³-hybridized carbons (Fsp3) is 0.560. The maximum Gasteiger partial charge on any atom is 0.258 e. The van der Waals surface area contributed by atoms with Crippen molar-refractivity contribution in [1.82, 2.24) is 9.99 Å². The van der Waals surface area contributed by atoms with Crippen LogP contribution in [0, 0.1) is 10.8 Å². The summed E-state index contributed by atoms with van der Waals surface area (Å²) in [6, 6.07) is 4.93. The van der Waals surface area contributed by atoms with Crippen LogP contribution in [0.1, 0.15) is 48.0 Å². The van der Waals surface area contributed by atoms with Crippen molar-refractivity contribution in [2.24, 2.45) is 15.8 Å². The van der Waals surface area contributed by atoms with Crippen LogP contribution >= 0.6 is 8.30 Å². The molecule has 2 unspecified atom stereocenters. The number of hydrogen-bond acceptors (Lipinski definition) is 7. The van der Waals surface area contributed by atoms with E-state index in [-0.39, 0.29) is 41.6 Å². The molecule has 1 aromatic carbocycles. The number of benzene rings is 1. The number of aldehydes is 1. The van der Waals surface area contributed by atoms with E-state index in [2.05, 4.69) is 30.6 Å². The lowest BCUT2D eigenvalue weighted by atomic mass is 9.81. The van der Waals surface area contributed by atoms with Crippen molar-refractivity contribution in [2.45, 2.75) is 54.0 Å². The zero-order chi connectivity index (χ0) is 26.8. The van der Waals surface area contributed by atoms with E-state index in [1.807, 2.05) is 20.8 Å². The SMILES string of the molecule is CS(=O)Nc1ccc2c(c1)P(OCCO)NC(C1=C(C=O)[C@H](C(C)(C)C)N(CCC(C)(C)C)C1=O)=N2. The Kier molecular flexibility index (Phi) is 8.76. The molecule has 3 atom stereocenters. The van der Waals surface area contributed by atoms with Crippen LogP contribution in [0.4, 0.5) is 11.4 Å². The number of nitrogens with zero attached hydrogens (tertiary/aromatic N) is 2. The van der Waals surface area contributed by atoms with E-state index in [0.29, 0.717) is 29.3 Å². The lowest BCUT2D eigenvalue weighted by Crippen LogP contribution is -2.45. The van der Waals surface area contributed by atoms with Gasteiger partial charge < -0.3 is 24.3 Å². The van der Waals surface area contributed by atoms with E-state index in [0.717, 1.165) is 18.0 Å². The molecular weight excluding hydrogens is 499 g/mol. The van der Waals surface area contributed by atoms with Gasteiger partial charge in [0, 0.05) is 24.1 Å². The molecule has 3 rings (SSSR count). The molecular formula is C25H37N4O5PS. The van der Waals surface area contributed by atoms with Crippen molar-refractivity contribution in [3.05, 3.63) is 29.3 Å². The topological polar surface area (TPSA) is 120 Å². The van der Waals surface area contributed by atoms with Crippen molar-refractivity contribution in [1.29, 1.82) is 0 Å². The first-order chi connectivity index (χ1) is 16.8. The molecule has 0 aromatic heterocycles. The van der Waals surface area contributed by atoms with Crippen molar-refractivity contribution < 1.29 is 23.4 Å². The number of rotatable bonds is 9. The molecule has 198 valence electrons. The maximum atomic E-state index is 13.8. The molecule has 0 fully saturated rings. The number of nitrogens with one attached hydrogen (secondary N) is 2. The van der Waals surface area contributed by atoms with Crippen molar-refractivity contribution in [3.8, 4) is 0 Å². The van der Waals surface area contributed by atoms with Crippen LogP contribution in [-0.2, 0) is 25.1 Å². The van der Waals surface area contributed by atoms with Crippen molar-refractivity contribution in [3.63, 3.8) is 0 Å². The number of aliphatic hydroxyl groups is 1. The summed E-state index contributed by atoms with van der Waals surface area (Å²) in [4.78, 5) is 32.8. The van der Waals surface area contributed by atoms with E-state index in [1.165, 1.54) is 6.26 Å². The highest BCUT2D eigenvalue weighted by Gasteiger charge is 2.47. The molecule has 36 heavy (non-hydrogen) atoms. The maximum absolute atomic E-state index is 13.8. The fourth-order valence-electron chi connectivity index (χ4n) is 4.33. The molecule has 0 aliphatic carbocycles. The van der Waals surface area contributed by atoms with Crippen LogP contribution in [0.15, 0.2) is 34.3 Å². The van der Waals surface area contributed by atoms with Crippen molar-refractivity contribution in [2.75, 3.05) is 30.7 Å². The number of anilines is 1. The number of fused-ring (bicyclic) bond motifs is 1. The standard InChI is InChI=1S/C25H37N4O5PS/c1-24(2,3)10-11-29-21(25(4,5)6)17(15-31)20(23(29)32)22-26-18-9-8-16(28-36(7)33)14-19(18)35(27-22)34-13-12-30/h8-9,14-15,21,28,30H,10-13H2,1-7H3,(H,26,27)/t21-,35?,36?/m1/s1. The van der Waals surface area contributed by atoms with Gasteiger partial charge in [0.25, 0.3) is 5.91 Å². The number of aliphatic hydroxyl groups excluding tert-OH is 1. The molecule has 0 bridgehead atoms. The largest absolute Gasteiger partial charge is 0.394 e. The molecule has 9 nitrogen and oxygen atoms in total. The number of hydrogen-bond donors (Lipinski definition) is 3. The van der Waals surface area contributed by atoms with Gasteiger partial charge in [-0.2, -0.15) is 0 Å². The summed E-state index contributed by atoms with van der Waals surface area (Å²) in [5.74, 6) is 0.0682. The Morgan fingerprint density at radius 1 is 1.28 bits per heavy atom. The van der Waals surface area contributed by atoms with Gasteiger partial charge >= 0.3 is 0 Å². The second kappa shape index (κ2) is 11.1. The van der Waals surface area contributed by atoms with Crippen LogP contribution in [-0.4, -0.2) is 64.3 Å². The molecule has 0 radical (unpaired) electrons. The highest BCUT2D eigenvalue weighted by molar-refractivity contribution is 7.85. The summed E-state index contributed by atoms with van der Waals surface area (Å²) in [5, 5.41) is 13.3. The average Bonchev–Trinajstić information content (AvgIpc) is 3.06. The Labute approximate surface area is 217 Å². The van der Waals surface area contributed by atoms with Crippen LogP contribution in [0.25, 0.3) is 0 Å². The van der Waals surface area contributed by atoms with Gasteiger partial charge in [0.05, 0.1) is 35.8 Å². The first-order valence-electron chi connectivity index (χ1n) is 11.9. The van der Waals surface area contributed by atoms with Gasteiger partial charge in [0.1, 0.15) is 23.1 Å². The minimum atomic E-state index is -1.52. The predicted octanol–water partition coefficient (Wildman–Crippen LogP) is 3.16. The third kappa shape index (κ3) is 6.40. The molecule has 2 aliphatic rings. The minimum Gasteiger partial charge on any atom is -0.394 e. The summed E-state index contributed by atoms with van der Waals surface area (Å²) >= 11 is 0. The molecule has 1 aromatic rings. The zero-order valence-corrected chi connectivity index (χ0v) is 23.8. The second-order valence-electron chi connectivity index (χ2n) is 11.2. The zero-order valence-electron chi connectivity index (χ0n) is 22.0. The highest BCUT2D eigenvalue weighted by atomic mass is 32.2. The fourth-order valence-corrected chi connectivity index (χ4v) is 6.32. The number of amidine groups is 1. The van der Waals surface area contributed by atoms with E-state index < -0.39 is 19.3 Å². The van der Waals surface area contributed by atoms with Gasteiger partial charge in [-0.25, -0.2) is 9.20 Å². The third-order valence-corrected chi connectivity index (χ3v) is 8.04. The normalized spacial score (nSPS) is 21.2. The van der Waals surface area contributed by atoms with Gasteiger partial charge in [0.2, 0.25) is 0 Å². The molecule has 3 N–H and O–H groups in total. The molecule has 11 heteroatoms. The Morgan fingerprint density at radius 3 is 2.53 bits per heavy atom. The van der Waals surface area contributed by atoms with Crippen LogP contribution in [0.3, 0.4) is 0 Å². The quantitative estimate of drug-likeness (QED) is 0.329. The Balaban J connectivity index is 2.10. The Morgan fingerprint density at radius 2 is 1.97 bits per heavy atom. The summed E-state index contributed by atoms with van der Waals surface area (Å²) in [7, 11) is -2.77. The minimum absolute atomic E-state index is 0.0205. The summed E-state index contributed by atoms with van der Waals surface area (Å²) in [5.41, 5.74) is 1.56. The summed E-state index contributed by atoms with van der Waals surface area (Å²) < 4.78 is 20.4. The van der Waals surface area contributed by atoms with E-state index in [9.17, 15) is 18.9 Å². The van der Waals surface area contributed by atoms with Crippen LogP contribution < -0.4 is 15.1 Å². The second-order valence-corrected chi connectivity index (χ2v) is 13.9. The monoisotopic (exact) mass is 536 g/mol. The van der Waals surface area contributed by atoms with Gasteiger partial charge in [-0.3, -0.25) is 9.59 Å². The van der Waals surface area contributed by atoms with Gasteiger partial charge in [-0.15, -0.1) is 0 Å². The number of aliphatic imine (C=N–C) groups is 1. The molecule has 2 heterocycles. The van der Waals surface area contributed by atoms with Crippen LogP contribution in [0.5, 0.6) is 0 Å². The first kappa shape index (κ1) is 28.4. The molecule has 0 saturated carbocycles. The van der Waals surface area contributed by atoms with Crippen LogP contribution in [0.2, 0.25) is 0 Å². The molecule has 0 spiro atoms. The lowest BCUT2D eigenvalue weighted by Gasteiger charge is -2.37. The summed E-state index contributed by atoms with van der Waals surface area (Å²) in [6.45, 7) is 12.9. The van der Waals surface area contributed by atoms with Crippen molar-refractivity contribution >= 4 is 54.0 Å². The smallest absolute Gasteiger partial charge is 0.258 e. The lowest BCUT2D eigenvalue weighted by molar-refractivity contribution is -0.128. The predicted molar refractivity (Wildman–Crippen MR) is 146 cm³/mol. The van der Waals surface area contributed by atoms with Gasteiger partial charge in [-0.05, 0) is 35.4 Å². The number of carbonyl (C=O) groups is 2. The van der Waals surface area contributed by atoms with E-state index in [4.69, 9.17) is 9.52 Å². The number of carbonyl (C=O) groups excluding carboxylic acids is 2. The van der Waals surface area contributed by atoms with Gasteiger partial charge in [0.15, 0.2) is 8.30 Å². The number of amides is 1. The first-order valence-corrected chi connectivity index (χ1v) is 14.7. The average molecular weight is 537 g/mol. The van der Waals surface area contributed by atoms with E-state index >= 15 is 0 Å². The van der Waals surface area contributed by atoms with E-state index in [1.54, 1.807) is 23.1 Å². The Bertz CT molecular complexity index is 1110. The molecule has 2 aliphatic heterocycles.